The zero-order chi connectivity index (χ0) is 14.4. The molecule has 0 bridgehead atoms. The number of anilines is 2. The minimum Gasteiger partial charge on any atom is -0.376 e. The van der Waals surface area contributed by atoms with Gasteiger partial charge in [0.2, 0.25) is 11.6 Å². The number of hydrogen-bond acceptors (Lipinski definition) is 8. The number of hydrazine groups is 1. The van der Waals surface area contributed by atoms with Gasteiger partial charge in [0.05, 0.1) is 17.6 Å². The molecule has 1 aliphatic rings. The molecule has 1 heterocycles. The third kappa shape index (κ3) is 3.52. The van der Waals surface area contributed by atoms with Crippen LogP contribution in [0.3, 0.4) is 0 Å². The van der Waals surface area contributed by atoms with Crippen LogP contribution in [0.15, 0.2) is 6.33 Å². The minimum absolute atomic E-state index is 0.0239. The molecule has 1 aromatic rings. The van der Waals surface area contributed by atoms with E-state index in [4.69, 9.17) is 10.6 Å². The van der Waals surface area contributed by atoms with Crippen molar-refractivity contribution in [1.29, 1.82) is 0 Å². The molecule has 0 unspecified atom stereocenters. The molecule has 0 atom stereocenters. The fourth-order valence-electron chi connectivity index (χ4n) is 2.24. The normalized spacial score (nSPS) is 15.2. The molecule has 0 amide bonds. The van der Waals surface area contributed by atoms with Crippen molar-refractivity contribution in [3.8, 4) is 0 Å². The Morgan fingerprint density at radius 1 is 1.40 bits per heavy atom. The van der Waals surface area contributed by atoms with Crippen LogP contribution in [0.2, 0.25) is 0 Å². The van der Waals surface area contributed by atoms with Gasteiger partial charge in [-0.25, -0.2) is 15.8 Å². The zero-order valence-corrected chi connectivity index (χ0v) is 11.0. The van der Waals surface area contributed by atoms with Gasteiger partial charge in [0.25, 0.3) is 0 Å². The first-order valence-electron chi connectivity index (χ1n) is 6.54. The standard InChI is InChI=1S/C11H18N6O3/c12-16-11-9(17(18)19)10(14-7-15-11)13-5-6-20-8-3-1-2-4-8/h7-8H,1-6,12H2,(H2,13,14,15,16). The summed E-state index contributed by atoms with van der Waals surface area (Å²) in [6.45, 7) is 0.926. The monoisotopic (exact) mass is 282 g/mol. The maximum Gasteiger partial charge on any atom is 0.354 e. The minimum atomic E-state index is -0.574. The lowest BCUT2D eigenvalue weighted by atomic mass is 10.3. The average molecular weight is 282 g/mol. The predicted molar refractivity (Wildman–Crippen MR) is 73.2 cm³/mol. The molecule has 0 aliphatic heterocycles. The number of aromatic nitrogens is 2. The summed E-state index contributed by atoms with van der Waals surface area (Å²) in [5, 5.41) is 13.9. The lowest BCUT2D eigenvalue weighted by Crippen LogP contribution is -2.18. The van der Waals surface area contributed by atoms with Gasteiger partial charge in [0.1, 0.15) is 6.33 Å². The second kappa shape index (κ2) is 6.96. The van der Waals surface area contributed by atoms with Crippen LogP contribution in [-0.4, -0.2) is 34.1 Å². The summed E-state index contributed by atoms with van der Waals surface area (Å²) in [6, 6.07) is 0. The quantitative estimate of drug-likeness (QED) is 0.293. The van der Waals surface area contributed by atoms with Crippen molar-refractivity contribution >= 4 is 17.3 Å². The highest BCUT2D eigenvalue weighted by molar-refractivity contribution is 5.68. The first-order chi connectivity index (χ1) is 9.72. The number of ether oxygens (including phenoxy) is 1. The molecular weight excluding hydrogens is 264 g/mol. The molecule has 1 saturated carbocycles. The van der Waals surface area contributed by atoms with Gasteiger partial charge in [-0.1, -0.05) is 12.8 Å². The van der Waals surface area contributed by atoms with Gasteiger partial charge >= 0.3 is 5.69 Å². The van der Waals surface area contributed by atoms with Crippen molar-refractivity contribution < 1.29 is 9.66 Å². The van der Waals surface area contributed by atoms with Gasteiger partial charge in [0.15, 0.2) is 0 Å². The van der Waals surface area contributed by atoms with E-state index >= 15 is 0 Å². The van der Waals surface area contributed by atoms with Crippen LogP contribution in [0.25, 0.3) is 0 Å². The molecule has 1 aliphatic carbocycles. The first kappa shape index (κ1) is 14.4. The number of nitrogen functional groups attached to an aromatic ring is 1. The van der Waals surface area contributed by atoms with Gasteiger partial charge in [-0.15, -0.1) is 0 Å². The molecule has 1 aromatic heterocycles. The Bertz CT molecular complexity index is 463. The number of nitrogens with two attached hydrogens (primary N) is 1. The molecule has 110 valence electrons. The third-order valence-corrected chi connectivity index (χ3v) is 3.19. The molecule has 2 rings (SSSR count). The van der Waals surface area contributed by atoms with E-state index in [1.54, 1.807) is 0 Å². The number of rotatable bonds is 7. The lowest BCUT2D eigenvalue weighted by Gasteiger charge is -2.12. The summed E-state index contributed by atoms with van der Waals surface area (Å²) >= 11 is 0. The van der Waals surface area contributed by atoms with E-state index in [-0.39, 0.29) is 17.3 Å². The van der Waals surface area contributed by atoms with E-state index in [0.717, 1.165) is 12.8 Å². The summed E-state index contributed by atoms with van der Waals surface area (Å²) < 4.78 is 5.67. The highest BCUT2D eigenvalue weighted by Crippen LogP contribution is 2.27. The van der Waals surface area contributed by atoms with Gasteiger partial charge < -0.3 is 15.5 Å². The largest absolute Gasteiger partial charge is 0.376 e. The molecule has 0 radical (unpaired) electrons. The summed E-state index contributed by atoms with van der Waals surface area (Å²) in [7, 11) is 0. The second-order valence-corrected chi connectivity index (χ2v) is 4.52. The van der Waals surface area contributed by atoms with Crippen LogP contribution < -0.4 is 16.6 Å². The van der Waals surface area contributed by atoms with Gasteiger partial charge in [0, 0.05) is 6.54 Å². The smallest absolute Gasteiger partial charge is 0.354 e. The Kier molecular flexibility index (Phi) is 5.02. The van der Waals surface area contributed by atoms with E-state index in [0.29, 0.717) is 19.3 Å². The molecule has 4 N–H and O–H groups in total. The average Bonchev–Trinajstić information content (AvgIpc) is 2.96. The number of nitro groups is 1. The van der Waals surface area contributed by atoms with Crippen molar-refractivity contribution in [1.82, 2.24) is 9.97 Å². The van der Waals surface area contributed by atoms with Gasteiger partial charge in [-0.3, -0.25) is 10.1 Å². The zero-order valence-electron chi connectivity index (χ0n) is 11.0. The maximum atomic E-state index is 11.0. The predicted octanol–water partition coefficient (Wildman–Crippen LogP) is 1.04. The topological polar surface area (TPSA) is 128 Å². The molecule has 20 heavy (non-hydrogen) atoms. The van der Waals surface area contributed by atoms with Crippen molar-refractivity contribution in [3.63, 3.8) is 0 Å². The molecule has 9 heteroatoms. The Hall–Kier alpha value is -2.00. The van der Waals surface area contributed by atoms with Crippen LogP contribution >= 0.6 is 0 Å². The molecule has 9 nitrogen and oxygen atoms in total. The lowest BCUT2D eigenvalue weighted by molar-refractivity contribution is -0.383. The van der Waals surface area contributed by atoms with E-state index < -0.39 is 4.92 Å². The van der Waals surface area contributed by atoms with Gasteiger partial charge in [-0.05, 0) is 12.8 Å². The Balaban J connectivity index is 1.89. The van der Waals surface area contributed by atoms with Crippen LogP contribution in [0.1, 0.15) is 25.7 Å². The van der Waals surface area contributed by atoms with Crippen molar-refractivity contribution in [3.05, 3.63) is 16.4 Å². The Morgan fingerprint density at radius 2 is 2.10 bits per heavy atom. The highest BCUT2D eigenvalue weighted by Gasteiger charge is 2.22. The van der Waals surface area contributed by atoms with Crippen molar-refractivity contribution in [2.24, 2.45) is 5.84 Å². The number of nitrogens with zero attached hydrogens (tertiary/aromatic N) is 3. The van der Waals surface area contributed by atoms with E-state index in [1.165, 1.54) is 19.2 Å². The molecule has 1 fully saturated rings. The van der Waals surface area contributed by atoms with E-state index in [9.17, 15) is 10.1 Å². The highest BCUT2D eigenvalue weighted by atomic mass is 16.6. The SMILES string of the molecule is NNc1ncnc(NCCOC2CCCC2)c1[N+](=O)[O-]. The number of nitrogens with one attached hydrogen (secondary N) is 2. The summed E-state index contributed by atoms with van der Waals surface area (Å²) in [4.78, 5) is 18.0. The van der Waals surface area contributed by atoms with Crippen molar-refractivity contribution in [2.75, 3.05) is 23.9 Å². The summed E-state index contributed by atoms with van der Waals surface area (Å²) in [5.74, 6) is 5.31. The fourth-order valence-corrected chi connectivity index (χ4v) is 2.24. The molecule has 0 saturated heterocycles. The molecule has 0 spiro atoms. The van der Waals surface area contributed by atoms with Crippen LogP contribution in [0, 0.1) is 10.1 Å². The van der Waals surface area contributed by atoms with Gasteiger partial charge in [-0.2, -0.15) is 0 Å². The Labute approximate surface area is 116 Å². The third-order valence-electron chi connectivity index (χ3n) is 3.19. The second-order valence-electron chi connectivity index (χ2n) is 4.52. The van der Waals surface area contributed by atoms with Crippen LogP contribution in [0.4, 0.5) is 17.3 Å². The van der Waals surface area contributed by atoms with E-state index in [1.807, 2.05) is 0 Å². The summed E-state index contributed by atoms with van der Waals surface area (Å²) in [6.07, 6.45) is 6.13. The first-order valence-corrected chi connectivity index (χ1v) is 6.54. The molecular formula is C11H18N6O3. The molecule has 0 aromatic carbocycles. The van der Waals surface area contributed by atoms with Crippen molar-refractivity contribution in [2.45, 2.75) is 31.8 Å². The fraction of sp³-hybridized carbons (Fsp3) is 0.636. The van der Waals surface area contributed by atoms with Crippen LogP contribution in [-0.2, 0) is 4.74 Å². The summed E-state index contributed by atoms with van der Waals surface area (Å²) in [5.41, 5.74) is 1.92. The Morgan fingerprint density at radius 3 is 2.75 bits per heavy atom. The maximum absolute atomic E-state index is 11.0. The number of hydrogen-bond donors (Lipinski definition) is 3. The van der Waals surface area contributed by atoms with Crippen LogP contribution in [0.5, 0.6) is 0 Å². The van der Waals surface area contributed by atoms with E-state index in [2.05, 4.69) is 20.7 Å².